The zero-order valence-corrected chi connectivity index (χ0v) is 10.1. The van der Waals surface area contributed by atoms with Crippen molar-refractivity contribution >= 4 is 23.5 Å². The van der Waals surface area contributed by atoms with Crippen LogP contribution in [0.3, 0.4) is 0 Å². The van der Waals surface area contributed by atoms with Gasteiger partial charge in [-0.3, -0.25) is 4.57 Å². The minimum Gasteiger partial charge on any atom is -0.490 e. The molecule has 1 rings (SSSR count). The van der Waals surface area contributed by atoms with E-state index in [0.29, 0.717) is 5.75 Å². The lowest BCUT2D eigenvalue weighted by Crippen LogP contribution is -2.17. The van der Waals surface area contributed by atoms with Crippen LogP contribution in [0.15, 0.2) is 28.7 Å². The average Bonchev–Trinajstić information content (AvgIpc) is 2.15. The minimum absolute atomic E-state index is 0.436. The number of benzene rings is 1. The lowest BCUT2D eigenvalue weighted by Gasteiger charge is -2.13. The van der Waals surface area contributed by atoms with Crippen LogP contribution in [0.5, 0.6) is 5.75 Å². The normalized spacial score (nSPS) is 13.6. The van der Waals surface area contributed by atoms with Crippen molar-refractivity contribution in [2.45, 2.75) is 5.85 Å². The fourth-order valence-electron chi connectivity index (χ4n) is 0.799. The molecule has 1 atom stereocenters. The summed E-state index contributed by atoms with van der Waals surface area (Å²) >= 11 is 3.23. The Labute approximate surface area is 95.0 Å². The van der Waals surface area contributed by atoms with Gasteiger partial charge in [0.25, 0.3) is 0 Å². The Balaban J connectivity index is 2.51. The summed E-state index contributed by atoms with van der Waals surface area (Å²) in [7, 11) is -4.48. The van der Waals surface area contributed by atoms with Crippen LogP contribution in [-0.4, -0.2) is 27.3 Å². The van der Waals surface area contributed by atoms with E-state index in [4.69, 9.17) is 19.6 Å². The largest absolute Gasteiger partial charge is 0.490 e. The summed E-state index contributed by atoms with van der Waals surface area (Å²) in [4.78, 5) is 17.2. The first-order valence-electron chi connectivity index (χ1n) is 4.01. The molecule has 0 saturated carbocycles. The fraction of sp³-hybridized carbons (Fsp3) is 0.250. The SMILES string of the molecule is O=P(O)(O)C(O)COc1ccc(Br)cc1. The number of ether oxygens (including phenoxy) is 1. The summed E-state index contributed by atoms with van der Waals surface area (Å²) in [5, 5.41) is 9.00. The second-order valence-corrected chi connectivity index (χ2v) is 5.52. The van der Waals surface area contributed by atoms with Crippen LogP contribution < -0.4 is 4.74 Å². The van der Waals surface area contributed by atoms with E-state index in [9.17, 15) is 4.57 Å². The van der Waals surface area contributed by atoms with Crippen molar-refractivity contribution in [3.05, 3.63) is 28.7 Å². The van der Waals surface area contributed by atoms with Crippen LogP contribution >= 0.6 is 23.5 Å². The maximum atomic E-state index is 10.6. The minimum atomic E-state index is -4.48. The van der Waals surface area contributed by atoms with E-state index in [1.165, 1.54) is 0 Å². The maximum absolute atomic E-state index is 10.6. The molecule has 0 spiro atoms. The molecular weight excluding hydrogens is 287 g/mol. The zero-order valence-electron chi connectivity index (χ0n) is 7.58. The van der Waals surface area contributed by atoms with E-state index in [1.807, 2.05) is 0 Å². The first-order chi connectivity index (χ1) is 6.89. The lowest BCUT2D eigenvalue weighted by molar-refractivity contribution is 0.139. The monoisotopic (exact) mass is 296 g/mol. The molecule has 0 aromatic heterocycles. The maximum Gasteiger partial charge on any atom is 0.357 e. The molecule has 1 aromatic rings. The molecular formula is C8H10BrO5P. The molecule has 0 heterocycles. The van der Waals surface area contributed by atoms with Gasteiger partial charge in [0, 0.05) is 4.47 Å². The van der Waals surface area contributed by atoms with Crippen molar-refractivity contribution in [1.82, 2.24) is 0 Å². The Morgan fingerprint density at radius 3 is 2.33 bits per heavy atom. The van der Waals surface area contributed by atoms with Crippen molar-refractivity contribution in [2.75, 3.05) is 6.61 Å². The molecule has 5 nitrogen and oxygen atoms in total. The van der Waals surface area contributed by atoms with Gasteiger partial charge >= 0.3 is 7.60 Å². The van der Waals surface area contributed by atoms with E-state index in [-0.39, 0.29) is 0 Å². The van der Waals surface area contributed by atoms with Crippen molar-refractivity contribution in [3.63, 3.8) is 0 Å². The molecule has 7 heteroatoms. The fourth-order valence-corrected chi connectivity index (χ4v) is 1.33. The highest BCUT2D eigenvalue weighted by atomic mass is 79.9. The third-order valence-corrected chi connectivity index (χ3v) is 3.06. The summed E-state index contributed by atoms with van der Waals surface area (Å²) in [5.74, 6) is -1.35. The predicted octanol–water partition coefficient (Wildman–Crippen LogP) is 1.32. The van der Waals surface area contributed by atoms with Gasteiger partial charge in [-0.25, -0.2) is 0 Å². The summed E-state index contributed by atoms with van der Waals surface area (Å²) in [6, 6.07) is 6.69. The van der Waals surface area contributed by atoms with Gasteiger partial charge in [-0.05, 0) is 24.3 Å². The molecule has 0 amide bonds. The van der Waals surface area contributed by atoms with E-state index in [0.717, 1.165) is 4.47 Å². The first-order valence-corrected chi connectivity index (χ1v) is 6.48. The molecule has 3 N–H and O–H groups in total. The second kappa shape index (κ2) is 5.09. The van der Waals surface area contributed by atoms with Gasteiger partial charge in [-0.2, -0.15) is 0 Å². The molecule has 0 radical (unpaired) electrons. The van der Waals surface area contributed by atoms with Gasteiger partial charge in [-0.15, -0.1) is 0 Å². The number of halogens is 1. The Bertz CT molecular complexity index is 360. The molecule has 0 aliphatic heterocycles. The molecule has 0 saturated heterocycles. The topological polar surface area (TPSA) is 87.0 Å². The van der Waals surface area contributed by atoms with E-state index in [1.54, 1.807) is 24.3 Å². The molecule has 15 heavy (non-hydrogen) atoms. The Kier molecular flexibility index (Phi) is 4.31. The third-order valence-electron chi connectivity index (χ3n) is 1.60. The highest BCUT2D eigenvalue weighted by Gasteiger charge is 2.26. The van der Waals surface area contributed by atoms with Crippen LogP contribution in [0.25, 0.3) is 0 Å². The molecule has 1 aromatic carbocycles. The van der Waals surface area contributed by atoms with Crippen LogP contribution in [0.4, 0.5) is 0 Å². The standard InChI is InChI=1S/C8H10BrO5P/c9-6-1-3-7(4-2-6)14-5-8(10)15(11,12)13/h1-4,8,10H,5H2,(H2,11,12,13). The second-order valence-electron chi connectivity index (χ2n) is 2.83. The summed E-state index contributed by atoms with van der Waals surface area (Å²) in [5.41, 5.74) is 0. The number of hydrogen-bond acceptors (Lipinski definition) is 3. The summed E-state index contributed by atoms with van der Waals surface area (Å²) in [6.45, 7) is -0.439. The molecule has 0 aliphatic rings. The number of aliphatic hydroxyl groups is 1. The van der Waals surface area contributed by atoms with Crippen LogP contribution in [-0.2, 0) is 4.57 Å². The number of hydrogen-bond donors (Lipinski definition) is 3. The molecule has 84 valence electrons. The first kappa shape index (κ1) is 12.7. The van der Waals surface area contributed by atoms with Crippen LogP contribution in [0.1, 0.15) is 0 Å². The van der Waals surface area contributed by atoms with Crippen molar-refractivity contribution in [1.29, 1.82) is 0 Å². The Morgan fingerprint density at radius 2 is 1.87 bits per heavy atom. The number of rotatable bonds is 4. The summed E-state index contributed by atoms with van der Waals surface area (Å²) < 4.78 is 16.4. The zero-order chi connectivity index (χ0) is 11.5. The van der Waals surface area contributed by atoms with Gasteiger partial charge in [0.15, 0.2) is 5.85 Å². The highest BCUT2D eigenvalue weighted by Crippen LogP contribution is 2.39. The molecule has 0 fully saturated rings. The van der Waals surface area contributed by atoms with E-state index < -0.39 is 20.0 Å². The molecule has 0 bridgehead atoms. The van der Waals surface area contributed by atoms with Crippen LogP contribution in [0, 0.1) is 0 Å². The predicted molar refractivity (Wildman–Crippen MR) is 57.7 cm³/mol. The van der Waals surface area contributed by atoms with Gasteiger partial charge in [0.05, 0.1) is 0 Å². The Hall–Kier alpha value is -0.390. The summed E-state index contributed by atoms with van der Waals surface area (Å²) in [6.07, 6.45) is 0. The van der Waals surface area contributed by atoms with E-state index >= 15 is 0 Å². The smallest absolute Gasteiger partial charge is 0.357 e. The molecule has 1 unspecified atom stereocenters. The van der Waals surface area contributed by atoms with Crippen LogP contribution in [0.2, 0.25) is 0 Å². The van der Waals surface area contributed by atoms with Crippen molar-refractivity contribution in [2.24, 2.45) is 0 Å². The third kappa shape index (κ3) is 4.32. The van der Waals surface area contributed by atoms with Gasteiger partial charge in [0.2, 0.25) is 0 Å². The lowest BCUT2D eigenvalue weighted by atomic mass is 10.3. The van der Waals surface area contributed by atoms with Crippen molar-refractivity contribution in [3.8, 4) is 5.75 Å². The highest BCUT2D eigenvalue weighted by molar-refractivity contribution is 9.10. The molecule has 0 aliphatic carbocycles. The van der Waals surface area contributed by atoms with Gasteiger partial charge < -0.3 is 19.6 Å². The average molecular weight is 297 g/mol. The number of aliphatic hydroxyl groups excluding tert-OH is 1. The van der Waals surface area contributed by atoms with Gasteiger partial charge in [-0.1, -0.05) is 15.9 Å². The Morgan fingerprint density at radius 1 is 1.33 bits per heavy atom. The van der Waals surface area contributed by atoms with E-state index in [2.05, 4.69) is 15.9 Å². The van der Waals surface area contributed by atoms with Gasteiger partial charge in [0.1, 0.15) is 12.4 Å². The quantitative estimate of drug-likeness (QED) is 0.730. The van der Waals surface area contributed by atoms with Crippen molar-refractivity contribution < 1.29 is 24.2 Å².